The predicted octanol–water partition coefficient (Wildman–Crippen LogP) is 1.88. The van der Waals surface area contributed by atoms with Crippen LogP contribution in [0.25, 0.3) is 0 Å². The molecule has 0 rings (SSSR count). The van der Waals surface area contributed by atoms with Gasteiger partial charge < -0.3 is 10.1 Å². The SMILES string of the molecule is COCCCNCC(Cl)C(C)C. The molecule has 0 amide bonds. The van der Waals surface area contributed by atoms with E-state index in [-0.39, 0.29) is 5.38 Å². The molecule has 12 heavy (non-hydrogen) atoms. The Hall–Kier alpha value is 0.210. The minimum Gasteiger partial charge on any atom is -0.385 e. The average Bonchev–Trinajstić information content (AvgIpc) is 2.03. The fourth-order valence-corrected chi connectivity index (χ4v) is 0.926. The molecule has 0 saturated heterocycles. The van der Waals surface area contributed by atoms with Crippen molar-refractivity contribution < 1.29 is 4.74 Å². The highest BCUT2D eigenvalue weighted by Gasteiger charge is 2.07. The quantitative estimate of drug-likeness (QED) is 0.493. The van der Waals surface area contributed by atoms with Gasteiger partial charge in [-0.2, -0.15) is 0 Å². The molecular weight excluding hydrogens is 174 g/mol. The summed E-state index contributed by atoms with van der Waals surface area (Å²) in [6, 6.07) is 0. The number of methoxy groups -OCH3 is 1. The molecule has 0 radical (unpaired) electrons. The van der Waals surface area contributed by atoms with Crippen molar-refractivity contribution in [2.24, 2.45) is 5.92 Å². The minimum atomic E-state index is 0.243. The fraction of sp³-hybridized carbons (Fsp3) is 1.00. The van der Waals surface area contributed by atoms with Crippen molar-refractivity contribution >= 4 is 11.6 Å². The fourth-order valence-electron chi connectivity index (χ4n) is 0.817. The number of alkyl halides is 1. The van der Waals surface area contributed by atoms with Crippen LogP contribution in [0.3, 0.4) is 0 Å². The molecule has 74 valence electrons. The van der Waals surface area contributed by atoms with Crippen LogP contribution in [0, 0.1) is 5.92 Å². The molecule has 0 bridgehead atoms. The van der Waals surface area contributed by atoms with Crippen molar-refractivity contribution in [2.45, 2.75) is 25.6 Å². The number of rotatable bonds is 7. The summed E-state index contributed by atoms with van der Waals surface area (Å²) in [5.41, 5.74) is 0. The lowest BCUT2D eigenvalue weighted by atomic mass is 10.1. The maximum Gasteiger partial charge on any atom is 0.0483 e. The van der Waals surface area contributed by atoms with Crippen molar-refractivity contribution in [1.29, 1.82) is 0 Å². The van der Waals surface area contributed by atoms with Gasteiger partial charge in [-0.15, -0.1) is 11.6 Å². The van der Waals surface area contributed by atoms with Gasteiger partial charge >= 0.3 is 0 Å². The van der Waals surface area contributed by atoms with Crippen LogP contribution in [0.4, 0.5) is 0 Å². The van der Waals surface area contributed by atoms with Crippen LogP contribution in [-0.2, 0) is 4.74 Å². The van der Waals surface area contributed by atoms with Gasteiger partial charge in [0.05, 0.1) is 0 Å². The summed E-state index contributed by atoms with van der Waals surface area (Å²) in [4.78, 5) is 0. The van der Waals surface area contributed by atoms with E-state index in [1.54, 1.807) is 7.11 Å². The Balaban J connectivity index is 3.08. The number of hydrogen-bond donors (Lipinski definition) is 1. The first-order valence-electron chi connectivity index (χ1n) is 4.52. The van der Waals surface area contributed by atoms with E-state index < -0.39 is 0 Å². The van der Waals surface area contributed by atoms with E-state index in [0.717, 1.165) is 26.1 Å². The molecule has 0 saturated carbocycles. The maximum absolute atomic E-state index is 6.03. The minimum absolute atomic E-state index is 0.243. The number of ether oxygens (including phenoxy) is 1. The Labute approximate surface area is 80.6 Å². The summed E-state index contributed by atoms with van der Waals surface area (Å²) in [7, 11) is 1.72. The highest BCUT2D eigenvalue weighted by molar-refractivity contribution is 6.20. The van der Waals surface area contributed by atoms with E-state index in [1.165, 1.54) is 0 Å². The molecule has 2 nitrogen and oxygen atoms in total. The first-order valence-corrected chi connectivity index (χ1v) is 4.95. The molecule has 0 aromatic rings. The molecule has 1 unspecified atom stereocenters. The van der Waals surface area contributed by atoms with E-state index >= 15 is 0 Å². The second-order valence-electron chi connectivity index (χ2n) is 3.31. The molecule has 0 heterocycles. The van der Waals surface area contributed by atoms with Crippen molar-refractivity contribution in [3.63, 3.8) is 0 Å². The maximum atomic E-state index is 6.03. The van der Waals surface area contributed by atoms with Gasteiger partial charge in [0, 0.05) is 25.6 Å². The molecule has 1 atom stereocenters. The van der Waals surface area contributed by atoms with Crippen molar-refractivity contribution in [3.05, 3.63) is 0 Å². The van der Waals surface area contributed by atoms with Gasteiger partial charge in [-0.25, -0.2) is 0 Å². The van der Waals surface area contributed by atoms with Gasteiger partial charge in [-0.1, -0.05) is 13.8 Å². The van der Waals surface area contributed by atoms with Crippen molar-refractivity contribution in [3.8, 4) is 0 Å². The normalized spacial score (nSPS) is 13.8. The summed E-state index contributed by atoms with van der Waals surface area (Å²) in [6.07, 6.45) is 1.05. The monoisotopic (exact) mass is 193 g/mol. The van der Waals surface area contributed by atoms with E-state index in [9.17, 15) is 0 Å². The molecule has 3 heteroatoms. The third kappa shape index (κ3) is 6.89. The van der Waals surface area contributed by atoms with Crippen LogP contribution in [0.5, 0.6) is 0 Å². The Bertz CT molecular complexity index is 98.5. The van der Waals surface area contributed by atoms with Gasteiger partial charge in [-0.3, -0.25) is 0 Å². The smallest absolute Gasteiger partial charge is 0.0483 e. The van der Waals surface area contributed by atoms with Crippen LogP contribution >= 0.6 is 11.6 Å². The van der Waals surface area contributed by atoms with Crippen LogP contribution < -0.4 is 5.32 Å². The zero-order chi connectivity index (χ0) is 9.40. The molecule has 1 N–H and O–H groups in total. The molecule has 0 fully saturated rings. The standard InChI is InChI=1S/C9H20ClNO/c1-8(2)9(10)7-11-5-4-6-12-3/h8-9,11H,4-7H2,1-3H3. The van der Waals surface area contributed by atoms with E-state index in [4.69, 9.17) is 16.3 Å². The second kappa shape index (κ2) is 7.84. The van der Waals surface area contributed by atoms with Gasteiger partial charge in [-0.05, 0) is 18.9 Å². The molecule has 0 aromatic heterocycles. The largest absolute Gasteiger partial charge is 0.385 e. The first-order chi connectivity index (χ1) is 5.68. The molecule has 0 aliphatic rings. The zero-order valence-electron chi connectivity index (χ0n) is 8.27. The highest BCUT2D eigenvalue weighted by atomic mass is 35.5. The predicted molar refractivity (Wildman–Crippen MR) is 53.8 cm³/mol. The summed E-state index contributed by atoms with van der Waals surface area (Å²) in [6.45, 7) is 6.97. The Morgan fingerprint density at radius 2 is 2.08 bits per heavy atom. The van der Waals surface area contributed by atoms with Gasteiger partial charge in [0.25, 0.3) is 0 Å². The first kappa shape index (κ1) is 12.2. The van der Waals surface area contributed by atoms with Gasteiger partial charge in [0.15, 0.2) is 0 Å². The summed E-state index contributed by atoms with van der Waals surface area (Å²) in [5.74, 6) is 0.543. The summed E-state index contributed by atoms with van der Waals surface area (Å²) >= 11 is 6.03. The number of hydrogen-bond acceptors (Lipinski definition) is 2. The van der Waals surface area contributed by atoms with Crippen molar-refractivity contribution in [2.75, 3.05) is 26.8 Å². The highest BCUT2D eigenvalue weighted by Crippen LogP contribution is 2.07. The Morgan fingerprint density at radius 1 is 1.42 bits per heavy atom. The zero-order valence-corrected chi connectivity index (χ0v) is 9.03. The van der Waals surface area contributed by atoms with Crippen molar-refractivity contribution in [1.82, 2.24) is 5.32 Å². The van der Waals surface area contributed by atoms with E-state index in [0.29, 0.717) is 5.92 Å². The third-order valence-electron chi connectivity index (χ3n) is 1.76. The lowest BCUT2D eigenvalue weighted by Gasteiger charge is -2.13. The van der Waals surface area contributed by atoms with Crippen LogP contribution in [-0.4, -0.2) is 32.2 Å². The molecule has 0 aliphatic carbocycles. The summed E-state index contributed by atoms with van der Waals surface area (Å²) in [5, 5.41) is 3.53. The molecule has 0 aromatic carbocycles. The molecular formula is C9H20ClNO. The second-order valence-corrected chi connectivity index (χ2v) is 3.87. The lowest BCUT2D eigenvalue weighted by Crippen LogP contribution is -2.27. The van der Waals surface area contributed by atoms with Gasteiger partial charge in [0.2, 0.25) is 0 Å². The van der Waals surface area contributed by atoms with Gasteiger partial charge in [0.1, 0.15) is 0 Å². The third-order valence-corrected chi connectivity index (χ3v) is 2.42. The summed E-state index contributed by atoms with van der Waals surface area (Å²) < 4.78 is 4.92. The number of nitrogens with one attached hydrogen (secondary N) is 1. The number of halogens is 1. The van der Waals surface area contributed by atoms with Crippen LogP contribution in [0.1, 0.15) is 20.3 Å². The average molecular weight is 194 g/mol. The van der Waals surface area contributed by atoms with E-state index in [1.807, 2.05) is 0 Å². The topological polar surface area (TPSA) is 21.3 Å². The molecule has 0 aliphatic heterocycles. The van der Waals surface area contributed by atoms with Crippen LogP contribution in [0.2, 0.25) is 0 Å². The molecule has 0 spiro atoms. The Morgan fingerprint density at radius 3 is 2.58 bits per heavy atom. The van der Waals surface area contributed by atoms with E-state index in [2.05, 4.69) is 19.2 Å². The van der Waals surface area contributed by atoms with Crippen LogP contribution in [0.15, 0.2) is 0 Å². The Kier molecular flexibility index (Phi) is 7.98. The lowest BCUT2D eigenvalue weighted by molar-refractivity contribution is 0.194.